The van der Waals surface area contributed by atoms with Crippen molar-refractivity contribution in [2.75, 3.05) is 31.2 Å². The smallest absolute Gasteiger partial charge is 0.0958 e. The first-order chi connectivity index (χ1) is 15.7. The number of rotatable bonds is 6. The van der Waals surface area contributed by atoms with Gasteiger partial charge in [0.15, 0.2) is 0 Å². The van der Waals surface area contributed by atoms with Crippen molar-refractivity contribution >= 4 is 11.3 Å². The minimum atomic E-state index is 0.571. The Bertz CT molecular complexity index is 1000. The molecule has 5 heteroatoms. The zero-order valence-corrected chi connectivity index (χ0v) is 19.1. The summed E-state index contributed by atoms with van der Waals surface area (Å²) < 4.78 is 7.33. The molecule has 1 aromatic heterocycles. The number of anilines is 1. The van der Waals surface area contributed by atoms with Crippen molar-refractivity contribution in [1.82, 2.24) is 15.1 Å². The van der Waals surface area contributed by atoms with Gasteiger partial charge >= 0.3 is 0 Å². The van der Waals surface area contributed by atoms with Gasteiger partial charge in [0.25, 0.3) is 0 Å². The number of nitrogens with one attached hydrogen (secondary N) is 1. The second kappa shape index (κ2) is 9.47. The highest BCUT2D eigenvalue weighted by molar-refractivity contribution is 5.77. The van der Waals surface area contributed by atoms with Gasteiger partial charge in [0, 0.05) is 36.6 Å². The Morgan fingerprint density at radius 2 is 1.81 bits per heavy atom. The quantitative estimate of drug-likeness (QED) is 0.676. The molecule has 5 nitrogen and oxygen atoms in total. The average Bonchev–Trinajstić information content (AvgIpc) is 3.15. The summed E-state index contributed by atoms with van der Waals surface area (Å²) in [5.74, 6) is 0. The predicted octanol–water partition coefficient (Wildman–Crippen LogP) is 4.68. The molecule has 3 heterocycles. The zero-order valence-electron chi connectivity index (χ0n) is 19.1. The summed E-state index contributed by atoms with van der Waals surface area (Å²) in [6.07, 6.45) is 14.0. The first kappa shape index (κ1) is 21.2. The largest absolute Gasteiger partial charge is 0.378 e. The predicted molar refractivity (Wildman–Crippen MR) is 131 cm³/mol. The fraction of sp³-hybridized carbons (Fsp3) is 0.444. The number of hydrogen-bond donors (Lipinski definition) is 1. The number of fused-ring (bicyclic) bond motifs is 1. The highest BCUT2D eigenvalue weighted by Gasteiger charge is 2.25. The molecule has 32 heavy (non-hydrogen) atoms. The molecule has 0 amide bonds. The Morgan fingerprint density at radius 1 is 1.06 bits per heavy atom. The standard InChI is InChI=1S/C27H34N4O/c1-3-4-8-26-20(2)6-5-7-21-17-31(29-27(21)26)25-11-9-24(10-12-25)30-15-13-22(14-16-30)28-23-18-32-19-23/h3-4,8-12,17,22-23,28H,1,5-7,13-16,18-19H2,2H3/b8-4-. The SMILES string of the molecule is C=C/C=C\C1=C(C)CCCc2cn(-c3ccc(N4CCC(NC5COC5)CC4)cc3)nc21. The van der Waals surface area contributed by atoms with Crippen molar-refractivity contribution in [2.45, 2.75) is 51.1 Å². The van der Waals surface area contributed by atoms with Crippen LogP contribution in [0.25, 0.3) is 11.3 Å². The van der Waals surface area contributed by atoms with Gasteiger partial charge in [-0.15, -0.1) is 0 Å². The van der Waals surface area contributed by atoms with E-state index in [0.717, 1.165) is 50.5 Å². The molecule has 2 aromatic rings. The van der Waals surface area contributed by atoms with Gasteiger partial charge in [-0.3, -0.25) is 0 Å². The van der Waals surface area contributed by atoms with Gasteiger partial charge in [-0.2, -0.15) is 5.10 Å². The van der Waals surface area contributed by atoms with Crippen LogP contribution in [0.4, 0.5) is 5.69 Å². The summed E-state index contributed by atoms with van der Waals surface area (Å²) >= 11 is 0. The Morgan fingerprint density at radius 3 is 2.50 bits per heavy atom. The Kier molecular flexibility index (Phi) is 6.28. The molecular formula is C27H34N4O. The van der Waals surface area contributed by atoms with Crippen molar-refractivity contribution < 1.29 is 4.74 Å². The lowest BCUT2D eigenvalue weighted by atomic mass is 10.0. The molecule has 0 spiro atoms. The monoisotopic (exact) mass is 430 g/mol. The number of nitrogens with zero attached hydrogens (tertiary/aromatic N) is 3. The van der Waals surface area contributed by atoms with Gasteiger partial charge in [0.2, 0.25) is 0 Å². The molecule has 0 unspecified atom stereocenters. The number of piperidine rings is 1. The molecule has 2 aliphatic heterocycles. The second-order valence-corrected chi connectivity index (χ2v) is 9.27. The summed E-state index contributed by atoms with van der Waals surface area (Å²) in [5, 5.41) is 8.73. The molecule has 5 rings (SSSR count). The highest BCUT2D eigenvalue weighted by Crippen LogP contribution is 2.31. The van der Waals surface area contributed by atoms with Gasteiger partial charge in [-0.05, 0) is 68.9 Å². The van der Waals surface area contributed by atoms with E-state index in [0.29, 0.717) is 12.1 Å². The molecule has 0 bridgehead atoms. The second-order valence-electron chi connectivity index (χ2n) is 9.27. The lowest BCUT2D eigenvalue weighted by Crippen LogP contribution is -2.53. The van der Waals surface area contributed by atoms with Crippen molar-refractivity contribution in [1.29, 1.82) is 0 Å². The maximum atomic E-state index is 5.29. The maximum Gasteiger partial charge on any atom is 0.0958 e. The summed E-state index contributed by atoms with van der Waals surface area (Å²) in [6.45, 7) is 10.0. The van der Waals surface area contributed by atoms with E-state index >= 15 is 0 Å². The molecule has 0 saturated carbocycles. The number of aryl methyl sites for hydroxylation is 1. The van der Waals surface area contributed by atoms with Crippen LogP contribution >= 0.6 is 0 Å². The van der Waals surface area contributed by atoms with Gasteiger partial charge in [-0.25, -0.2) is 4.68 Å². The van der Waals surface area contributed by atoms with E-state index in [1.54, 1.807) is 0 Å². The molecule has 1 aliphatic carbocycles. The number of benzene rings is 1. The number of ether oxygens (including phenoxy) is 1. The number of hydrogen-bond acceptors (Lipinski definition) is 4. The fourth-order valence-electron chi connectivity index (χ4n) is 5.00. The average molecular weight is 431 g/mol. The third kappa shape index (κ3) is 4.45. The van der Waals surface area contributed by atoms with Crippen LogP contribution in [0.3, 0.4) is 0 Å². The first-order valence-corrected chi connectivity index (χ1v) is 12.0. The molecule has 2 fully saturated rings. The maximum absolute atomic E-state index is 5.29. The molecule has 168 valence electrons. The van der Waals surface area contributed by atoms with Crippen molar-refractivity contribution in [3.8, 4) is 5.69 Å². The van der Waals surface area contributed by atoms with Crippen molar-refractivity contribution in [3.63, 3.8) is 0 Å². The molecule has 0 atom stereocenters. The van der Waals surface area contributed by atoms with Crippen LogP contribution in [-0.4, -0.2) is 48.2 Å². The van der Waals surface area contributed by atoms with E-state index < -0.39 is 0 Å². The topological polar surface area (TPSA) is 42.3 Å². The van der Waals surface area contributed by atoms with E-state index in [4.69, 9.17) is 9.84 Å². The van der Waals surface area contributed by atoms with E-state index in [9.17, 15) is 0 Å². The lowest BCUT2D eigenvalue weighted by Gasteiger charge is -2.38. The molecule has 1 N–H and O–H groups in total. The molecule has 2 saturated heterocycles. The zero-order chi connectivity index (χ0) is 21.9. The molecular weight excluding hydrogens is 396 g/mol. The van der Waals surface area contributed by atoms with Gasteiger partial charge in [0.05, 0.1) is 30.6 Å². The molecule has 1 aromatic carbocycles. The third-order valence-electron chi connectivity index (χ3n) is 6.99. The van der Waals surface area contributed by atoms with Crippen molar-refractivity contribution in [2.24, 2.45) is 0 Å². The Balaban J connectivity index is 1.29. The summed E-state index contributed by atoms with van der Waals surface area (Å²) in [7, 11) is 0. The minimum Gasteiger partial charge on any atom is -0.378 e. The summed E-state index contributed by atoms with van der Waals surface area (Å²) in [4.78, 5) is 2.50. The summed E-state index contributed by atoms with van der Waals surface area (Å²) in [6, 6.07) is 10.1. The number of aromatic nitrogens is 2. The van der Waals surface area contributed by atoms with Crippen LogP contribution in [0.2, 0.25) is 0 Å². The molecule has 0 radical (unpaired) electrons. The Labute approximate surface area is 191 Å². The first-order valence-electron chi connectivity index (χ1n) is 12.0. The van der Waals surface area contributed by atoms with E-state index in [2.05, 4.69) is 60.3 Å². The highest BCUT2D eigenvalue weighted by atomic mass is 16.5. The Hall–Kier alpha value is -2.63. The lowest BCUT2D eigenvalue weighted by molar-refractivity contribution is -0.0111. The van der Waals surface area contributed by atoms with E-state index in [1.165, 1.54) is 41.7 Å². The van der Waals surface area contributed by atoms with E-state index in [1.807, 2.05) is 16.8 Å². The van der Waals surface area contributed by atoms with Crippen LogP contribution < -0.4 is 10.2 Å². The van der Waals surface area contributed by atoms with Crippen LogP contribution in [0.15, 0.2) is 60.8 Å². The van der Waals surface area contributed by atoms with Crippen LogP contribution in [-0.2, 0) is 11.2 Å². The molecule has 3 aliphatic rings. The van der Waals surface area contributed by atoms with Crippen LogP contribution in [0, 0.1) is 0 Å². The summed E-state index contributed by atoms with van der Waals surface area (Å²) in [5.41, 5.74) is 7.53. The van der Waals surface area contributed by atoms with Crippen molar-refractivity contribution in [3.05, 3.63) is 72.1 Å². The van der Waals surface area contributed by atoms with Crippen LogP contribution in [0.5, 0.6) is 0 Å². The fourth-order valence-corrected chi connectivity index (χ4v) is 5.00. The normalized spacial score (nSPS) is 20.3. The van der Waals surface area contributed by atoms with Gasteiger partial charge in [0.1, 0.15) is 0 Å². The van der Waals surface area contributed by atoms with Gasteiger partial charge < -0.3 is 15.0 Å². The minimum absolute atomic E-state index is 0.571. The van der Waals surface area contributed by atoms with Crippen LogP contribution in [0.1, 0.15) is 43.9 Å². The number of allylic oxidation sites excluding steroid dienone is 5. The van der Waals surface area contributed by atoms with E-state index in [-0.39, 0.29) is 0 Å². The third-order valence-corrected chi connectivity index (χ3v) is 6.99. The van der Waals surface area contributed by atoms with Gasteiger partial charge in [-0.1, -0.05) is 30.4 Å².